The van der Waals surface area contributed by atoms with E-state index in [0.717, 1.165) is 5.56 Å². The fraction of sp³-hybridized carbons (Fsp3) is 0.103. The van der Waals surface area contributed by atoms with Crippen LogP contribution < -0.4 is 9.47 Å². The SMILES string of the molecule is COc1ccc(C(=O)c2ccc(C)cc2)c(O)c1.O=C(c1ccccc1)c1ccccc1OCO.[Na]. The van der Waals surface area contributed by atoms with Crippen LogP contribution in [-0.4, -0.2) is 65.2 Å². The molecule has 0 unspecified atom stereocenters. The second-order valence-corrected chi connectivity index (χ2v) is 7.54. The minimum atomic E-state index is -0.445. The molecule has 2 N–H and O–H groups in total. The van der Waals surface area contributed by atoms with Gasteiger partial charge in [0.2, 0.25) is 0 Å². The van der Waals surface area contributed by atoms with Crippen LogP contribution in [0.2, 0.25) is 0 Å². The van der Waals surface area contributed by atoms with Crippen molar-refractivity contribution in [1.29, 1.82) is 0 Å². The van der Waals surface area contributed by atoms with Crippen LogP contribution in [0, 0.1) is 6.92 Å². The zero-order chi connectivity index (χ0) is 25.2. The fourth-order valence-electron chi connectivity index (χ4n) is 3.29. The molecule has 0 bridgehead atoms. The molecule has 0 saturated heterocycles. The quantitative estimate of drug-likeness (QED) is 0.218. The average molecular weight is 494 g/mol. The van der Waals surface area contributed by atoms with Gasteiger partial charge in [0.05, 0.1) is 18.2 Å². The maximum absolute atomic E-state index is 12.2. The molecule has 0 atom stereocenters. The fourth-order valence-corrected chi connectivity index (χ4v) is 3.29. The molecule has 4 aromatic carbocycles. The molecule has 0 spiro atoms. The summed E-state index contributed by atoms with van der Waals surface area (Å²) in [7, 11) is 1.51. The van der Waals surface area contributed by atoms with E-state index >= 15 is 0 Å². The number of ketones is 2. The summed E-state index contributed by atoms with van der Waals surface area (Å²) in [6.07, 6.45) is 0. The van der Waals surface area contributed by atoms with Crippen molar-refractivity contribution >= 4 is 41.1 Å². The van der Waals surface area contributed by atoms with Crippen LogP contribution in [0.25, 0.3) is 0 Å². The van der Waals surface area contributed by atoms with Crippen molar-refractivity contribution < 1.29 is 29.3 Å². The first-order valence-electron chi connectivity index (χ1n) is 10.9. The molecule has 1 radical (unpaired) electrons. The number of carbonyl (C=O) groups excluding carboxylic acids is 2. The van der Waals surface area contributed by atoms with Gasteiger partial charge in [-0.1, -0.05) is 72.3 Å². The number of methoxy groups -OCH3 is 1. The Morgan fingerprint density at radius 3 is 1.94 bits per heavy atom. The predicted octanol–water partition coefficient (Wildman–Crippen LogP) is 4.81. The van der Waals surface area contributed by atoms with Gasteiger partial charge in [0.25, 0.3) is 0 Å². The molecular formula is C29H26NaO6. The number of carbonyl (C=O) groups is 2. The number of benzene rings is 4. The second kappa shape index (κ2) is 14.2. The van der Waals surface area contributed by atoms with Crippen LogP contribution in [0.1, 0.15) is 37.4 Å². The van der Waals surface area contributed by atoms with Crippen LogP contribution in [0.5, 0.6) is 17.2 Å². The summed E-state index contributed by atoms with van der Waals surface area (Å²) in [6, 6.07) is 27.7. The number of rotatable bonds is 7. The minimum absolute atomic E-state index is 0. The van der Waals surface area contributed by atoms with Crippen LogP contribution in [0.15, 0.2) is 97.1 Å². The Bertz CT molecular complexity index is 1290. The predicted molar refractivity (Wildman–Crippen MR) is 139 cm³/mol. The van der Waals surface area contributed by atoms with E-state index in [1.165, 1.54) is 13.2 Å². The van der Waals surface area contributed by atoms with Crippen molar-refractivity contribution in [2.45, 2.75) is 6.92 Å². The van der Waals surface area contributed by atoms with Gasteiger partial charge in [0.1, 0.15) is 17.2 Å². The van der Waals surface area contributed by atoms with E-state index in [4.69, 9.17) is 14.6 Å². The normalized spacial score (nSPS) is 9.75. The van der Waals surface area contributed by atoms with Crippen LogP contribution in [0.3, 0.4) is 0 Å². The molecule has 0 fully saturated rings. The molecule has 4 aromatic rings. The smallest absolute Gasteiger partial charge is 0.196 e. The minimum Gasteiger partial charge on any atom is -0.507 e. The number of phenols is 1. The van der Waals surface area contributed by atoms with Crippen molar-refractivity contribution in [1.82, 2.24) is 0 Å². The molecule has 7 heteroatoms. The Labute approximate surface area is 232 Å². The third-order valence-electron chi connectivity index (χ3n) is 5.15. The number of ether oxygens (including phenoxy) is 2. The third kappa shape index (κ3) is 7.54. The molecule has 36 heavy (non-hydrogen) atoms. The van der Waals surface area contributed by atoms with E-state index < -0.39 is 6.79 Å². The van der Waals surface area contributed by atoms with Crippen molar-refractivity contribution in [3.8, 4) is 17.2 Å². The monoisotopic (exact) mass is 493 g/mol. The van der Waals surface area contributed by atoms with Crippen molar-refractivity contribution in [3.05, 3.63) is 125 Å². The number of aliphatic hydroxyl groups is 1. The molecule has 0 aliphatic heterocycles. The molecule has 0 aliphatic carbocycles. The summed E-state index contributed by atoms with van der Waals surface area (Å²) in [5, 5.41) is 18.6. The van der Waals surface area contributed by atoms with Gasteiger partial charge in [0.15, 0.2) is 18.4 Å². The Kier molecular flexibility index (Phi) is 11.4. The largest absolute Gasteiger partial charge is 0.507 e. The summed E-state index contributed by atoms with van der Waals surface area (Å²) in [4.78, 5) is 24.4. The summed E-state index contributed by atoms with van der Waals surface area (Å²) in [6.45, 7) is 1.51. The molecular weight excluding hydrogens is 467 g/mol. The van der Waals surface area contributed by atoms with Gasteiger partial charge < -0.3 is 19.7 Å². The number of hydrogen-bond donors (Lipinski definition) is 2. The van der Waals surface area contributed by atoms with E-state index in [1.807, 2.05) is 37.3 Å². The molecule has 0 saturated carbocycles. The van der Waals surface area contributed by atoms with Crippen LogP contribution in [-0.2, 0) is 0 Å². The van der Waals surface area contributed by atoms with E-state index in [9.17, 15) is 14.7 Å². The summed E-state index contributed by atoms with van der Waals surface area (Å²) in [5.41, 5.74) is 2.97. The maximum Gasteiger partial charge on any atom is 0.196 e. The second-order valence-electron chi connectivity index (χ2n) is 7.54. The number of aromatic hydroxyl groups is 1. The number of hydrogen-bond acceptors (Lipinski definition) is 6. The number of phenolic OH excluding ortho intramolecular Hbond substituents is 1. The molecule has 0 aromatic heterocycles. The average Bonchev–Trinajstić information content (AvgIpc) is 2.89. The first-order chi connectivity index (χ1) is 16.9. The van der Waals surface area contributed by atoms with E-state index in [2.05, 4.69) is 0 Å². The summed E-state index contributed by atoms with van der Waals surface area (Å²) < 4.78 is 9.99. The number of para-hydroxylation sites is 1. The van der Waals surface area contributed by atoms with E-state index in [0.29, 0.717) is 28.2 Å². The first-order valence-corrected chi connectivity index (χ1v) is 10.9. The van der Waals surface area contributed by atoms with Crippen molar-refractivity contribution in [2.24, 2.45) is 0 Å². The van der Waals surface area contributed by atoms with Gasteiger partial charge >= 0.3 is 0 Å². The van der Waals surface area contributed by atoms with E-state index in [1.54, 1.807) is 60.7 Å². The Balaban J connectivity index is 0.000000247. The standard InChI is InChI=1S/C15H14O3.C14H12O3.Na/c1-10-3-5-11(6-4-10)15(17)13-8-7-12(18-2)9-14(13)16;15-10-17-13-9-5-4-8-12(13)14(16)11-6-2-1-3-7-11;/h3-9,16H,1-2H3;1-9,15H,10H2;. The molecule has 4 rings (SSSR count). The Morgan fingerprint density at radius 2 is 1.33 bits per heavy atom. The van der Waals surface area contributed by atoms with Gasteiger partial charge in [-0.25, -0.2) is 0 Å². The topological polar surface area (TPSA) is 93.1 Å². The maximum atomic E-state index is 12.2. The van der Waals surface area contributed by atoms with Gasteiger partial charge in [-0.3, -0.25) is 9.59 Å². The summed E-state index contributed by atoms with van der Waals surface area (Å²) >= 11 is 0. The molecule has 0 heterocycles. The van der Waals surface area contributed by atoms with Crippen molar-refractivity contribution in [3.63, 3.8) is 0 Å². The van der Waals surface area contributed by atoms with Gasteiger partial charge in [-0.2, -0.15) is 0 Å². The zero-order valence-electron chi connectivity index (χ0n) is 20.5. The van der Waals surface area contributed by atoms with E-state index in [-0.39, 0.29) is 52.4 Å². The zero-order valence-corrected chi connectivity index (χ0v) is 22.5. The third-order valence-corrected chi connectivity index (χ3v) is 5.15. The molecule has 179 valence electrons. The van der Waals surface area contributed by atoms with Crippen LogP contribution in [0.4, 0.5) is 0 Å². The van der Waals surface area contributed by atoms with Gasteiger partial charge in [0, 0.05) is 46.8 Å². The van der Waals surface area contributed by atoms with Gasteiger partial charge in [-0.05, 0) is 31.2 Å². The molecule has 6 nitrogen and oxygen atoms in total. The van der Waals surface area contributed by atoms with Crippen LogP contribution >= 0.6 is 0 Å². The Hall–Kier alpha value is -3.42. The first kappa shape index (κ1) is 28.8. The number of aryl methyl sites for hydroxylation is 1. The van der Waals surface area contributed by atoms with Crippen molar-refractivity contribution in [2.75, 3.05) is 13.9 Å². The Morgan fingerprint density at radius 1 is 0.750 bits per heavy atom. The molecule has 0 aliphatic rings. The molecule has 0 amide bonds. The number of aliphatic hydroxyl groups excluding tert-OH is 1. The van der Waals surface area contributed by atoms with Gasteiger partial charge in [-0.15, -0.1) is 0 Å². The summed E-state index contributed by atoms with van der Waals surface area (Å²) in [5.74, 6) is 0.529.